The molecule has 0 radical (unpaired) electrons. The molecule has 1 aliphatic carbocycles. The van der Waals surface area contributed by atoms with E-state index in [1.807, 2.05) is 18.0 Å². The summed E-state index contributed by atoms with van der Waals surface area (Å²) < 4.78 is 0. The van der Waals surface area contributed by atoms with Gasteiger partial charge < -0.3 is 10.2 Å². The van der Waals surface area contributed by atoms with Crippen LogP contribution < -0.4 is 5.32 Å². The number of rotatable bonds is 2. The summed E-state index contributed by atoms with van der Waals surface area (Å²) in [6.45, 7) is 3.06. The Kier molecular flexibility index (Phi) is 4.18. The van der Waals surface area contributed by atoms with Gasteiger partial charge in [0.2, 0.25) is 5.91 Å². The second-order valence-electron chi connectivity index (χ2n) is 6.72. The molecule has 1 aromatic carbocycles. The van der Waals surface area contributed by atoms with Crippen LogP contribution in [0, 0.1) is 11.8 Å². The summed E-state index contributed by atoms with van der Waals surface area (Å²) in [4.78, 5) is 14.9. The van der Waals surface area contributed by atoms with Crippen molar-refractivity contribution in [1.29, 1.82) is 0 Å². The molecule has 1 aromatic rings. The van der Waals surface area contributed by atoms with Crippen molar-refractivity contribution in [2.45, 2.75) is 45.1 Å². The maximum atomic E-state index is 12.8. The van der Waals surface area contributed by atoms with Gasteiger partial charge in [-0.2, -0.15) is 0 Å². The summed E-state index contributed by atoms with van der Waals surface area (Å²) in [5.41, 5.74) is 2.46. The fourth-order valence-electron chi connectivity index (χ4n) is 3.94. The van der Waals surface area contributed by atoms with E-state index in [1.165, 1.54) is 36.9 Å². The Morgan fingerprint density at radius 1 is 1.24 bits per heavy atom. The van der Waals surface area contributed by atoms with Crippen molar-refractivity contribution in [2.24, 2.45) is 11.8 Å². The molecule has 3 rings (SSSR count). The molecule has 3 heteroatoms. The van der Waals surface area contributed by atoms with Crippen LogP contribution in [0.15, 0.2) is 24.3 Å². The largest absolute Gasteiger partial charge is 0.384 e. The molecule has 3 unspecified atom stereocenters. The second kappa shape index (κ2) is 6.08. The van der Waals surface area contributed by atoms with Gasteiger partial charge in [-0.1, -0.05) is 38.0 Å². The van der Waals surface area contributed by atoms with Crippen LogP contribution in [-0.4, -0.2) is 30.4 Å². The van der Waals surface area contributed by atoms with Gasteiger partial charge in [-0.3, -0.25) is 4.79 Å². The van der Waals surface area contributed by atoms with Gasteiger partial charge in [0.15, 0.2) is 0 Å². The molecule has 1 amide bonds. The van der Waals surface area contributed by atoms with Crippen molar-refractivity contribution < 1.29 is 4.79 Å². The molecule has 0 bridgehead atoms. The molecule has 21 heavy (non-hydrogen) atoms. The molecule has 1 heterocycles. The highest BCUT2D eigenvalue weighted by Crippen LogP contribution is 2.30. The number of hydrogen-bond acceptors (Lipinski definition) is 2. The minimum atomic E-state index is 0.0824. The van der Waals surface area contributed by atoms with E-state index in [0.717, 1.165) is 13.0 Å². The Hall–Kier alpha value is -1.51. The van der Waals surface area contributed by atoms with Gasteiger partial charge in [0.1, 0.15) is 0 Å². The van der Waals surface area contributed by atoms with Crippen LogP contribution in [-0.2, 0) is 11.2 Å². The Morgan fingerprint density at radius 2 is 2.00 bits per heavy atom. The summed E-state index contributed by atoms with van der Waals surface area (Å²) in [6, 6.07) is 8.77. The molecule has 3 atom stereocenters. The SMILES string of the molecule is CC1CCCCC1N(C)C(=O)C1CNc2ccccc2C1. The summed E-state index contributed by atoms with van der Waals surface area (Å²) in [5.74, 6) is 1.03. The lowest BCUT2D eigenvalue weighted by Crippen LogP contribution is -2.47. The minimum absolute atomic E-state index is 0.0824. The minimum Gasteiger partial charge on any atom is -0.384 e. The Balaban J connectivity index is 1.68. The Bertz CT molecular complexity index is 514. The van der Waals surface area contributed by atoms with Crippen LogP contribution in [0.1, 0.15) is 38.2 Å². The lowest BCUT2D eigenvalue weighted by molar-refractivity contribution is -0.137. The van der Waals surface area contributed by atoms with Gasteiger partial charge in [-0.15, -0.1) is 0 Å². The number of amides is 1. The third-order valence-electron chi connectivity index (χ3n) is 5.28. The fourth-order valence-corrected chi connectivity index (χ4v) is 3.94. The van der Waals surface area contributed by atoms with Crippen molar-refractivity contribution in [2.75, 3.05) is 18.9 Å². The normalized spacial score (nSPS) is 28.4. The summed E-state index contributed by atoms with van der Waals surface area (Å²) in [6.07, 6.45) is 5.87. The highest BCUT2D eigenvalue weighted by atomic mass is 16.2. The average molecular weight is 286 g/mol. The molecular weight excluding hydrogens is 260 g/mol. The number of nitrogens with one attached hydrogen (secondary N) is 1. The number of fused-ring (bicyclic) bond motifs is 1. The first kappa shape index (κ1) is 14.4. The number of nitrogens with zero attached hydrogens (tertiary/aromatic N) is 1. The van der Waals surface area contributed by atoms with Gasteiger partial charge >= 0.3 is 0 Å². The van der Waals surface area contributed by atoms with Crippen molar-refractivity contribution in [1.82, 2.24) is 4.90 Å². The van der Waals surface area contributed by atoms with Crippen molar-refractivity contribution >= 4 is 11.6 Å². The van der Waals surface area contributed by atoms with Gasteiger partial charge in [0.05, 0.1) is 5.92 Å². The van der Waals surface area contributed by atoms with Crippen molar-refractivity contribution in [3.05, 3.63) is 29.8 Å². The molecular formula is C18H26N2O. The van der Waals surface area contributed by atoms with Crippen LogP contribution >= 0.6 is 0 Å². The molecule has 3 nitrogen and oxygen atoms in total. The molecule has 114 valence electrons. The zero-order valence-electron chi connectivity index (χ0n) is 13.1. The van der Waals surface area contributed by atoms with Crippen molar-refractivity contribution in [3.63, 3.8) is 0 Å². The van der Waals surface area contributed by atoms with Crippen LogP contribution in [0.25, 0.3) is 0 Å². The quantitative estimate of drug-likeness (QED) is 0.904. The number of anilines is 1. The van der Waals surface area contributed by atoms with Gasteiger partial charge in [0, 0.05) is 25.3 Å². The van der Waals surface area contributed by atoms with Gasteiger partial charge in [-0.25, -0.2) is 0 Å². The average Bonchev–Trinajstić information content (AvgIpc) is 2.53. The topological polar surface area (TPSA) is 32.3 Å². The molecule has 1 saturated carbocycles. The smallest absolute Gasteiger partial charge is 0.227 e. The predicted molar refractivity (Wildman–Crippen MR) is 86.3 cm³/mol. The zero-order valence-corrected chi connectivity index (χ0v) is 13.1. The van der Waals surface area contributed by atoms with E-state index >= 15 is 0 Å². The van der Waals surface area contributed by atoms with E-state index in [1.54, 1.807) is 0 Å². The monoisotopic (exact) mass is 286 g/mol. The molecule has 2 aliphatic rings. The van der Waals surface area contributed by atoms with Crippen LogP contribution in [0.5, 0.6) is 0 Å². The fraction of sp³-hybridized carbons (Fsp3) is 0.611. The highest BCUT2D eigenvalue weighted by molar-refractivity contribution is 5.81. The first-order chi connectivity index (χ1) is 10.2. The van der Waals surface area contributed by atoms with E-state index in [4.69, 9.17) is 0 Å². The van der Waals surface area contributed by atoms with E-state index in [2.05, 4.69) is 30.4 Å². The van der Waals surface area contributed by atoms with Crippen LogP contribution in [0.3, 0.4) is 0 Å². The molecule has 1 fully saturated rings. The number of benzene rings is 1. The van der Waals surface area contributed by atoms with Gasteiger partial charge in [0.25, 0.3) is 0 Å². The number of para-hydroxylation sites is 1. The maximum Gasteiger partial charge on any atom is 0.227 e. The molecule has 0 saturated heterocycles. The third-order valence-corrected chi connectivity index (χ3v) is 5.28. The standard InChI is InChI=1S/C18H26N2O/c1-13-7-3-6-10-17(13)20(2)18(21)15-11-14-8-4-5-9-16(14)19-12-15/h4-5,8-9,13,15,17,19H,3,6-7,10-12H2,1-2H3. The highest BCUT2D eigenvalue weighted by Gasteiger charge is 2.33. The van der Waals surface area contributed by atoms with Crippen LogP contribution in [0.4, 0.5) is 5.69 Å². The summed E-state index contributed by atoms with van der Waals surface area (Å²) in [5, 5.41) is 3.42. The van der Waals surface area contributed by atoms with Gasteiger partial charge in [-0.05, 0) is 36.8 Å². The first-order valence-corrected chi connectivity index (χ1v) is 8.25. The number of carbonyl (C=O) groups is 1. The predicted octanol–water partition coefficient (Wildman–Crippen LogP) is 3.31. The Labute approximate surface area is 127 Å². The summed E-state index contributed by atoms with van der Waals surface area (Å²) in [7, 11) is 2.01. The lowest BCUT2D eigenvalue weighted by Gasteiger charge is -2.38. The van der Waals surface area contributed by atoms with E-state index < -0.39 is 0 Å². The maximum absolute atomic E-state index is 12.8. The Morgan fingerprint density at radius 3 is 2.81 bits per heavy atom. The molecule has 1 N–H and O–H groups in total. The number of carbonyl (C=O) groups excluding carboxylic acids is 1. The zero-order chi connectivity index (χ0) is 14.8. The number of hydrogen-bond donors (Lipinski definition) is 1. The second-order valence-corrected chi connectivity index (χ2v) is 6.72. The van der Waals surface area contributed by atoms with E-state index in [9.17, 15) is 4.79 Å². The molecule has 1 aliphatic heterocycles. The van der Waals surface area contributed by atoms with Crippen LogP contribution in [0.2, 0.25) is 0 Å². The molecule has 0 aromatic heterocycles. The van der Waals surface area contributed by atoms with Crippen molar-refractivity contribution in [3.8, 4) is 0 Å². The molecule has 0 spiro atoms. The van der Waals surface area contributed by atoms with E-state index in [0.29, 0.717) is 17.9 Å². The van der Waals surface area contributed by atoms with E-state index in [-0.39, 0.29) is 5.92 Å². The lowest BCUT2D eigenvalue weighted by atomic mass is 9.84. The third kappa shape index (κ3) is 2.92. The summed E-state index contributed by atoms with van der Waals surface area (Å²) >= 11 is 0. The first-order valence-electron chi connectivity index (χ1n) is 8.25.